The van der Waals surface area contributed by atoms with E-state index in [1.54, 1.807) is 0 Å². The number of aliphatic hydroxyl groups is 1. The highest BCUT2D eigenvalue weighted by Gasteiger charge is 2.53. The standard InChI is InChI=1S/C13H15FN2O2/c14-11-5-9(15)3-4-10(11)12(17)16-6-13(18,7-16)8-1-2-8/h3-5,8,18H,1-2,6-7,15H2. The predicted molar refractivity (Wildman–Crippen MR) is 64.4 cm³/mol. The van der Waals surface area contributed by atoms with E-state index in [9.17, 15) is 14.3 Å². The minimum atomic E-state index is -0.736. The Hall–Kier alpha value is -1.62. The lowest BCUT2D eigenvalue weighted by Gasteiger charge is -2.47. The van der Waals surface area contributed by atoms with E-state index in [4.69, 9.17) is 5.73 Å². The largest absolute Gasteiger partial charge is 0.399 e. The zero-order valence-electron chi connectivity index (χ0n) is 9.90. The van der Waals surface area contributed by atoms with Crippen molar-refractivity contribution in [3.63, 3.8) is 0 Å². The van der Waals surface area contributed by atoms with E-state index in [1.807, 2.05) is 0 Å². The summed E-state index contributed by atoms with van der Waals surface area (Å²) in [6.07, 6.45) is 2.05. The molecule has 3 rings (SSSR count). The number of likely N-dealkylation sites (tertiary alicyclic amines) is 1. The molecule has 5 heteroatoms. The van der Waals surface area contributed by atoms with Gasteiger partial charge in [-0.15, -0.1) is 0 Å². The molecule has 0 bridgehead atoms. The highest BCUT2D eigenvalue weighted by Crippen LogP contribution is 2.44. The first-order valence-electron chi connectivity index (χ1n) is 6.06. The molecule has 1 aliphatic carbocycles. The van der Waals surface area contributed by atoms with Gasteiger partial charge in [0.15, 0.2) is 0 Å². The maximum atomic E-state index is 13.6. The highest BCUT2D eigenvalue weighted by molar-refractivity contribution is 5.95. The van der Waals surface area contributed by atoms with Crippen LogP contribution in [0.1, 0.15) is 23.2 Å². The normalized spacial score (nSPS) is 21.6. The van der Waals surface area contributed by atoms with Gasteiger partial charge in [-0.2, -0.15) is 0 Å². The highest BCUT2D eigenvalue weighted by atomic mass is 19.1. The van der Waals surface area contributed by atoms with Crippen LogP contribution >= 0.6 is 0 Å². The third-order valence-corrected chi connectivity index (χ3v) is 3.78. The van der Waals surface area contributed by atoms with Crippen molar-refractivity contribution in [2.24, 2.45) is 5.92 Å². The van der Waals surface area contributed by atoms with Crippen molar-refractivity contribution >= 4 is 11.6 Å². The first-order valence-corrected chi connectivity index (χ1v) is 6.06. The van der Waals surface area contributed by atoms with Crippen LogP contribution in [0.15, 0.2) is 18.2 Å². The number of nitrogen functional groups attached to an aromatic ring is 1. The van der Waals surface area contributed by atoms with Crippen molar-refractivity contribution in [3.8, 4) is 0 Å². The van der Waals surface area contributed by atoms with Gasteiger partial charge in [-0.25, -0.2) is 4.39 Å². The summed E-state index contributed by atoms with van der Waals surface area (Å²) in [5.74, 6) is -0.669. The number of nitrogens with two attached hydrogens (primary N) is 1. The summed E-state index contributed by atoms with van der Waals surface area (Å²) in [6, 6.07) is 4.03. The monoisotopic (exact) mass is 250 g/mol. The second kappa shape index (κ2) is 3.68. The second-order valence-corrected chi connectivity index (χ2v) is 5.28. The molecule has 2 fully saturated rings. The summed E-state index contributed by atoms with van der Waals surface area (Å²) < 4.78 is 13.6. The van der Waals surface area contributed by atoms with Crippen molar-refractivity contribution in [1.82, 2.24) is 4.90 Å². The summed E-state index contributed by atoms with van der Waals surface area (Å²) in [5.41, 5.74) is 5.01. The van der Waals surface area contributed by atoms with E-state index in [0.29, 0.717) is 24.7 Å². The molecule has 96 valence electrons. The second-order valence-electron chi connectivity index (χ2n) is 5.28. The van der Waals surface area contributed by atoms with Crippen LogP contribution in [0.4, 0.5) is 10.1 Å². The van der Waals surface area contributed by atoms with Crippen LogP contribution in [0, 0.1) is 11.7 Å². The maximum Gasteiger partial charge on any atom is 0.257 e. The Morgan fingerprint density at radius 2 is 2.11 bits per heavy atom. The van der Waals surface area contributed by atoms with Crippen LogP contribution in [0.3, 0.4) is 0 Å². The molecule has 1 aromatic rings. The average molecular weight is 250 g/mol. The fourth-order valence-corrected chi connectivity index (χ4v) is 2.51. The predicted octanol–water partition coefficient (Wildman–Crippen LogP) is 1.00. The van der Waals surface area contributed by atoms with Gasteiger partial charge >= 0.3 is 0 Å². The van der Waals surface area contributed by atoms with Gasteiger partial charge in [0.25, 0.3) is 5.91 Å². The Kier molecular flexibility index (Phi) is 2.35. The summed E-state index contributed by atoms with van der Waals surface area (Å²) in [5, 5.41) is 10.1. The number of carbonyl (C=O) groups excluding carboxylic acids is 1. The summed E-state index contributed by atoms with van der Waals surface area (Å²) in [7, 11) is 0. The molecule has 0 aromatic heterocycles. The van der Waals surface area contributed by atoms with E-state index < -0.39 is 11.4 Å². The Morgan fingerprint density at radius 3 is 2.67 bits per heavy atom. The fraction of sp³-hybridized carbons (Fsp3) is 0.462. The first-order chi connectivity index (χ1) is 8.49. The number of anilines is 1. The average Bonchev–Trinajstić information content (AvgIpc) is 3.08. The number of halogens is 1. The number of hydrogen-bond acceptors (Lipinski definition) is 3. The van der Waals surface area contributed by atoms with Gasteiger partial charge in [0, 0.05) is 5.69 Å². The van der Waals surface area contributed by atoms with Crippen LogP contribution in [0.5, 0.6) is 0 Å². The van der Waals surface area contributed by atoms with Gasteiger partial charge < -0.3 is 15.7 Å². The van der Waals surface area contributed by atoms with Crippen molar-refractivity contribution in [2.75, 3.05) is 18.8 Å². The van der Waals surface area contributed by atoms with Crippen molar-refractivity contribution in [2.45, 2.75) is 18.4 Å². The molecule has 1 heterocycles. The summed E-state index contributed by atoms with van der Waals surface area (Å²) in [4.78, 5) is 13.5. The lowest BCUT2D eigenvalue weighted by molar-refractivity contribution is -0.0959. The number of nitrogens with zero attached hydrogens (tertiary/aromatic N) is 1. The van der Waals surface area contributed by atoms with Crippen LogP contribution in [-0.4, -0.2) is 34.6 Å². The first kappa shape index (κ1) is 11.5. The molecule has 1 aliphatic heterocycles. The molecular formula is C13H15FN2O2. The van der Waals surface area contributed by atoms with Gasteiger partial charge in [-0.05, 0) is 37.0 Å². The molecule has 0 spiro atoms. The van der Waals surface area contributed by atoms with Crippen LogP contribution < -0.4 is 5.73 Å². The molecule has 0 radical (unpaired) electrons. The fourth-order valence-electron chi connectivity index (χ4n) is 2.51. The van der Waals surface area contributed by atoms with Gasteiger partial charge in [-0.1, -0.05) is 0 Å². The van der Waals surface area contributed by atoms with Gasteiger partial charge in [0.1, 0.15) is 11.4 Å². The van der Waals surface area contributed by atoms with Crippen LogP contribution in [-0.2, 0) is 0 Å². The SMILES string of the molecule is Nc1ccc(C(=O)N2CC(O)(C3CC3)C2)c(F)c1. The van der Waals surface area contributed by atoms with Crippen LogP contribution in [0.2, 0.25) is 0 Å². The van der Waals surface area contributed by atoms with E-state index in [0.717, 1.165) is 18.9 Å². The molecule has 2 aliphatic rings. The molecule has 3 N–H and O–H groups in total. The molecule has 1 aromatic carbocycles. The lowest BCUT2D eigenvalue weighted by atomic mass is 9.88. The third kappa shape index (κ3) is 1.75. The number of carbonyl (C=O) groups is 1. The Morgan fingerprint density at radius 1 is 1.44 bits per heavy atom. The smallest absolute Gasteiger partial charge is 0.257 e. The lowest BCUT2D eigenvalue weighted by Crippen LogP contribution is -2.64. The van der Waals surface area contributed by atoms with E-state index in [-0.39, 0.29) is 11.5 Å². The van der Waals surface area contributed by atoms with E-state index >= 15 is 0 Å². The molecule has 0 unspecified atom stereocenters. The maximum absolute atomic E-state index is 13.6. The minimum absolute atomic E-state index is 0.0158. The number of β-amino-alcohol motifs (C(OH)–C–C–N with tert-alkyl or cyclic N) is 1. The summed E-state index contributed by atoms with van der Waals surface area (Å²) in [6.45, 7) is 0.612. The zero-order chi connectivity index (χ0) is 12.9. The van der Waals surface area contributed by atoms with Crippen LogP contribution in [0.25, 0.3) is 0 Å². The number of hydrogen-bond donors (Lipinski definition) is 2. The van der Waals surface area contributed by atoms with E-state index in [2.05, 4.69) is 0 Å². The van der Waals surface area contributed by atoms with E-state index in [1.165, 1.54) is 17.0 Å². The zero-order valence-corrected chi connectivity index (χ0v) is 9.90. The van der Waals surface area contributed by atoms with Crippen molar-refractivity contribution in [3.05, 3.63) is 29.6 Å². The molecule has 0 atom stereocenters. The number of rotatable bonds is 2. The summed E-state index contributed by atoms with van der Waals surface area (Å²) >= 11 is 0. The molecule has 4 nitrogen and oxygen atoms in total. The molecule has 1 saturated carbocycles. The molecule has 1 saturated heterocycles. The Bertz CT molecular complexity index is 508. The minimum Gasteiger partial charge on any atom is -0.399 e. The molecule has 18 heavy (non-hydrogen) atoms. The van der Waals surface area contributed by atoms with Gasteiger partial charge in [-0.3, -0.25) is 4.79 Å². The topological polar surface area (TPSA) is 66.6 Å². The van der Waals surface area contributed by atoms with Crippen molar-refractivity contribution in [1.29, 1.82) is 0 Å². The third-order valence-electron chi connectivity index (χ3n) is 3.78. The van der Waals surface area contributed by atoms with Crippen molar-refractivity contribution < 1.29 is 14.3 Å². The number of amides is 1. The Balaban J connectivity index is 1.72. The Labute approximate surface area is 104 Å². The van der Waals surface area contributed by atoms with Gasteiger partial charge in [0.05, 0.1) is 18.7 Å². The van der Waals surface area contributed by atoms with Gasteiger partial charge in [0.2, 0.25) is 0 Å². The number of benzene rings is 1. The molecule has 1 amide bonds. The quantitative estimate of drug-likeness (QED) is 0.770. The molecular weight excluding hydrogens is 235 g/mol.